The molecule has 0 atom stereocenters. The van der Waals surface area contributed by atoms with Crippen LogP contribution in [0.25, 0.3) is 0 Å². The van der Waals surface area contributed by atoms with Gasteiger partial charge in [-0.1, -0.05) is 11.6 Å². The van der Waals surface area contributed by atoms with Gasteiger partial charge >= 0.3 is 0 Å². The Morgan fingerprint density at radius 1 is 1.57 bits per heavy atom. The Bertz CT molecular complexity index is 386. The third kappa shape index (κ3) is 2.52. The zero-order valence-corrected chi connectivity index (χ0v) is 10.1. The van der Waals surface area contributed by atoms with Gasteiger partial charge in [0.2, 0.25) is 0 Å². The number of alkyl halides is 2. The average Bonchev–Trinajstić information content (AvgIpc) is 2.07. The fourth-order valence-corrected chi connectivity index (χ4v) is 2.06. The van der Waals surface area contributed by atoms with E-state index in [4.69, 9.17) is 23.2 Å². The van der Waals surface area contributed by atoms with Gasteiger partial charge in [0.15, 0.2) is 0 Å². The fourth-order valence-electron chi connectivity index (χ4n) is 0.806. The summed E-state index contributed by atoms with van der Waals surface area (Å²) < 4.78 is 24.8. The first-order chi connectivity index (χ1) is 6.43. The molecular weight excluding hydrogens is 350 g/mol. The van der Waals surface area contributed by atoms with Crippen molar-refractivity contribution in [3.05, 3.63) is 26.0 Å². The molecule has 0 aliphatic carbocycles. The van der Waals surface area contributed by atoms with Crippen LogP contribution in [-0.4, -0.2) is 10.2 Å². The van der Waals surface area contributed by atoms with Crippen LogP contribution >= 0.6 is 45.8 Å². The monoisotopic (exact) mass is 351 g/mol. The van der Waals surface area contributed by atoms with Gasteiger partial charge in [0.1, 0.15) is 10.8 Å². The predicted octanol–water partition coefficient (Wildman–Crippen LogP) is 3.66. The van der Waals surface area contributed by atoms with Gasteiger partial charge in [0.05, 0.1) is 3.57 Å². The molecule has 2 nitrogen and oxygen atoms in total. The van der Waals surface area contributed by atoms with Crippen molar-refractivity contribution in [1.82, 2.24) is 4.98 Å². The van der Waals surface area contributed by atoms with Crippen LogP contribution in [0.4, 0.5) is 8.78 Å². The summed E-state index contributed by atoms with van der Waals surface area (Å²) in [6.07, 6.45) is -2.71. The minimum atomic E-state index is -2.71. The topological polar surface area (TPSA) is 30.0 Å². The molecule has 0 aliphatic heterocycles. The lowest BCUT2D eigenvalue weighted by Crippen LogP contribution is -2.03. The van der Waals surface area contributed by atoms with Crippen molar-refractivity contribution in [2.24, 2.45) is 0 Å². The van der Waals surface area contributed by atoms with Gasteiger partial charge in [-0.05, 0) is 40.3 Å². The molecule has 0 saturated heterocycles. The fraction of sp³-hybridized carbons (Fsp3) is 0.143. The van der Waals surface area contributed by atoms with Crippen LogP contribution in [0.1, 0.15) is 22.5 Å². The smallest absolute Gasteiger partial charge is 0.271 e. The molecule has 1 aromatic heterocycles. The quantitative estimate of drug-likeness (QED) is 0.462. The van der Waals surface area contributed by atoms with E-state index >= 15 is 0 Å². The summed E-state index contributed by atoms with van der Waals surface area (Å²) in [6.45, 7) is 0. The molecule has 0 radical (unpaired) electrons. The minimum Gasteiger partial charge on any atom is -0.274 e. The molecule has 76 valence electrons. The molecule has 0 N–H and O–H groups in total. The summed E-state index contributed by atoms with van der Waals surface area (Å²) in [6, 6.07) is 1.01. The SMILES string of the molecule is O=C(Cl)c1nc(Cl)cc(C(F)F)c1I. The molecule has 0 aromatic carbocycles. The Labute approximate surface area is 102 Å². The Hall–Kier alpha value is -0.0100. The Kier molecular flexibility index (Phi) is 4.03. The van der Waals surface area contributed by atoms with Crippen LogP contribution in [0, 0.1) is 3.57 Å². The maximum atomic E-state index is 12.4. The summed E-state index contributed by atoms with van der Waals surface area (Å²) in [5.74, 6) is 0. The number of hydrogen-bond donors (Lipinski definition) is 0. The van der Waals surface area contributed by atoms with E-state index in [-0.39, 0.29) is 20.0 Å². The lowest BCUT2D eigenvalue weighted by molar-refractivity contribution is 0.107. The molecular formula is C7H2Cl2F2INO. The summed E-state index contributed by atoms with van der Waals surface area (Å²) in [5.41, 5.74) is -0.579. The van der Waals surface area contributed by atoms with Gasteiger partial charge in [-0.3, -0.25) is 4.79 Å². The molecule has 0 unspecified atom stereocenters. The maximum absolute atomic E-state index is 12.4. The highest BCUT2D eigenvalue weighted by molar-refractivity contribution is 14.1. The number of carbonyl (C=O) groups excluding carboxylic acids is 1. The zero-order chi connectivity index (χ0) is 10.9. The van der Waals surface area contributed by atoms with Crippen LogP contribution < -0.4 is 0 Å². The molecule has 7 heteroatoms. The molecule has 0 fully saturated rings. The van der Waals surface area contributed by atoms with Crippen molar-refractivity contribution in [2.45, 2.75) is 6.43 Å². The maximum Gasteiger partial charge on any atom is 0.271 e. The number of pyridine rings is 1. The van der Waals surface area contributed by atoms with Crippen molar-refractivity contribution in [3.63, 3.8) is 0 Å². The number of halogens is 5. The minimum absolute atomic E-state index is 0.0296. The van der Waals surface area contributed by atoms with E-state index in [2.05, 4.69) is 4.98 Å². The molecule has 0 aliphatic rings. The first kappa shape index (κ1) is 12.1. The van der Waals surface area contributed by atoms with Gasteiger partial charge < -0.3 is 0 Å². The van der Waals surface area contributed by atoms with Gasteiger partial charge in [-0.25, -0.2) is 13.8 Å². The van der Waals surface area contributed by atoms with Crippen molar-refractivity contribution in [2.75, 3.05) is 0 Å². The standard InChI is InChI=1S/C7H2Cl2F2INO/c8-3-1-2(7(10)11)4(12)5(13-3)6(9)14/h1,7H. The Morgan fingerprint density at radius 3 is 2.57 bits per heavy atom. The van der Waals surface area contributed by atoms with Crippen LogP contribution in [0.5, 0.6) is 0 Å². The lowest BCUT2D eigenvalue weighted by atomic mass is 10.2. The van der Waals surface area contributed by atoms with Crippen LogP contribution in [0.3, 0.4) is 0 Å². The van der Waals surface area contributed by atoms with E-state index < -0.39 is 11.7 Å². The van der Waals surface area contributed by atoms with Gasteiger partial charge in [-0.2, -0.15) is 0 Å². The highest BCUT2D eigenvalue weighted by Crippen LogP contribution is 2.28. The van der Waals surface area contributed by atoms with E-state index in [1.165, 1.54) is 0 Å². The molecule has 0 amide bonds. The Morgan fingerprint density at radius 2 is 2.14 bits per heavy atom. The third-order valence-corrected chi connectivity index (χ3v) is 2.88. The van der Waals surface area contributed by atoms with Gasteiger partial charge in [0, 0.05) is 5.56 Å². The van der Waals surface area contributed by atoms with E-state index in [9.17, 15) is 13.6 Å². The highest BCUT2D eigenvalue weighted by Gasteiger charge is 2.20. The van der Waals surface area contributed by atoms with Crippen molar-refractivity contribution in [1.29, 1.82) is 0 Å². The average molecular weight is 352 g/mol. The summed E-state index contributed by atoms with van der Waals surface area (Å²) >= 11 is 12.2. The van der Waals surface area contributed by atoms with E-state index in [0.717, 1.165) is 6.07 Å². The number of hydrogen-bond acceptors (Lipinski definition) is 2. The third-order valence-electron chi connectivity index (χ3n) is 1.38. The van der Waals surface area contributed by atoms with Crippen LogP contribution in [0.15, 0.2) is 6.07 Å². The number of aromatic nitrogens is 1. The normalized spacial score (nSPS) is 10.7. The van der Waals surface area contributed by atoms with Gasteiger partial charge in [0.25, 0.3) is 11.7 Å². The number of carbonyl (C=O) groups is 1. The summed E-state index contributed by atoms with van der Waals surface area (Å²) in [4.78, 5) is 14.3. The molecule has 1 rings (SSSR count). The number of nitrogens with zero attached hydrogens (tertiary/aromatic N) is 1. The molecule has 14 heavy (non-hydrogen) atoms. The Balaban J connectivity index is 3.40. The van der Waals surface area contributed by atoms with Crippen molar-refractivity contribution < 1.29 is 13.6 Å². The first-order valence-electron chi connectivity index (χ1n) is 3.27. The van der Waals surface area contributed by atoms with Crippen molar-refractivity contribution >= 4 is 51.0 Å². The first-order valence-corrected chi connectivity index (χ1v) is 5.11. The van der Waals surface area contributed by atoms with Crippen LogP contribution in [0.2, 0.25) is 5.15 Å². The lowest BCUT2D eigenvalue weighted by Gasteiger charge is -2.06. The molecule has 0 spiro atoms. The second-order valence-electron chi connectivity index (χ2n) is 2.27. The second kappa shape index (κ2) is 4.67. The van der Waals surface area contributed by atoms with Gasteiger partial charge in [-0.15, -0.1) is 0 Å². The predicted molar refractivity (Wildman–Crippen MR) is 57.1 cm³/mol. The van der Waals surface area contributed by atoms with E-state index in [1.807, 2.05) is 0 Å². The summed E-state index contributed by atoms with van der Waals surface area (Å²) in [7, 11) is 0. The number of rotatable bonds is 2. The zero-order valence-electron chi connectivity index (χ0n) is 6.40. The molecule has 1 heterocycles. The van der Waals surface area contributed by atoms with Crippen LogP contribution in [-0.2, 0) is 0 Å². The van der Waals surface area contributed by atoms with Crippen molar-refractivity contribution in [3.8, 4) is 0 Å². The molecule has 1 aromatic rings. The molecule has 0 saturated carbocycles. The van der Waals surface area contributed by atoms with E-state index in [1.54, 1.807) is 22.6 Å². The second-order valence-corrected chi connectivity index (χ2v) is 4.08. The highest BCUT2D eigenvalue weighted by atomic mass is 127. The largest absolute Gasteiger partial charge is 0.274 e. The molecule has 0 bridgehead atoms. The van der Waals surface area contributed by atoms with E-state index in [0.29, 0.717) is 0 Å². The summed E-state index contributed by atoms with van der Waals surface area (Å²) in [5, 5.41) is -1.08.